The third-order valence-corrected chi connectivity index (χ3v) is 2.29. The molecule has 0 saturated carbocycles. The van der Waals surface area contributed by atoms with E-state index < -0.39 is 19.6 Å². The van der Waals surface area contributed by atoms with Crippen LogP contribution in [-0.2, 0) is 16.0 Å². The minimum absolute atomic E-state index is 0.430. The fraction of sp³-hybridized carbons (Fsp3) is 0.538. The molecule has 0 heterocycles. The molecule has 1 aromatic carbocycles. The van der Waals surface area contributed by atoms with Crippen LogP contribution in [0, 0.1) is 0 Å². The molecule has 0 fully saturated rings. The second kappa shape index (κ2) is 8.78. The van der Waals surface area contributed by atoms with E-state index in [-0.39, 0.29) is 0 Å². The van der Waals surface area contributed by atoms with Gasteiger partial charge in [0.25, 0.3) is 0 Å². The van der Waals surface area contributed by atoms with Gasteiger partial charge in [-0.15, -0.1) is 0 Å². The zero-order valence-corrected chi connectivity index (χ0v) is 11.2. The Labute approximate surface area is 115 Å². The minimum atomic E-state index is -4.34. The van der Waals surface area contributed by atoms with Crippen LogP contribution in [-0.4, -0.2) is 39.8 Å². The molecule has 20 heavy (non-hydrogen) atoms. The lowest BCUT2D eigenvalue weighted by Crippen LogP contribution is -2.19. The molecule has 1 rings (SSSR count). The summed E-state index contributed by atoms with van der Waals surface area (Å²) in [6, 6.07) is 7.07. The molecular formula is C13H18F3NO3. The van der Waals surface area contributed by atoms with E-state index in [9.17, 15) is 13.2 Å². The molecule has 7 heteroatoms. The minimum Gasteiger partial charge on any atom is -0.468 e. The Morgan fingerprint density at radius 1 is 1.25 bits per heavy atom. The first-order valence-electron chi connectivity index (χ1n) is 6.07. The number of methoxy groups -OCH3 is 1. The maximum absolute atomic E-state index is 11.8. The lowest BCUT2D eigenvalue weighted by molar-refractivity contribution is -0.186. The summed E-state index contributed by atoms with van der Waals surface area (Å²) >= 11 is 0. The zero-order valence-electron chi connectivity index (χ0n) is 11.2. The van der Waals surface area contributed by atoms with Crippen molar-refractivity contribution in [1.82, 2.24) is 5.32 Å². The summed E-state index contributed by atoms with van der Waals surface area (Å²) < 4.78 is 49.9. The second-order valence-electron chi connectivity index (χ2n) is 4.04. The van der Waals surface area contributed by atoms with Gasteiger partial charge in [0, 0.05) is 20.2 Å². The first kappa shape index (κ1) is 16.7. The molecule has 0 aliphatic heterocycles. The topological polar surface area (TPSA) is 39.7 Å². The van der Waals surface area contributed by atoms with E-state index in [1.165, 1.54) is 0 Å². The van der Waals surface area contributed by atoms with Gasteiger partial charge in [0.2, 0.25) is 0 Å². The highest BCUT2D eigenvalue weighted by Gasteiger charge is 2.27. The molecule has 0 spiro atoms. The largest absolute Gasteiger partial charge is 0.468 e. The van der Waals surface area contributed by atoms with E-state index in [2.05, 4.69) is 10.1 Å². The number of benzene rings is 1. The lowest BCUT2D eigenvalue weighted by Gasteiger charge is -2.10. The van der Waals surface area contributed by atoms with Crippen LogP contribution < -0.4 is 10.1 Å². The summed E-state index contributed by atoms with van der Waals surface area (Å²) in [5.41, 5.74) is 0.967. The SMILES string of the molecule is COCCNCc1cccc(OCOCC(F)(F)F)c1. The highest BCUT2D eigenvalue weighted by atomic mass is 19.4. The normalized spacial score (nSPS) is 11.6. The van der Waals surface area contributed by atoms with Crippen LogP contribution in [0.3, 0.4) is 0 Å². The van der Waals surface area contributed by atoms with Crippen molar-refractivity contribution < 1.29 is 27.4 Å². The van der Waals surface area contributed by atoms with Gasteiger partial charge in [-0.1, -0.05) is 12.1 Å². The van der Waals surface area contributed by atoms with E-state index in [0.29, 0.717) is 18.9 Å². The van der Waals surface area contributed by atoms with Crippen molar-refractivity contribution in [3.8, 4) is 5.75 Å². The Bertz CT molecular complexity index is 385. The van der Waals surface area contributed by atoms with Crippen molar-refractivity contribution in [2.45, 2.75) is 12.7 Å². The number of halogens is 3. The Morgan fingerprint density at radius 3 is 2.75 bits per heavy atom. The monoisotopic (exact) mass is 293 g/mol. The van der Waals surface area contributed by atoms with Gasteiger partial charge in [-0.05, 0) is 17.7 Å². The fourth-order valence-electron chi connectivity index (χ4n) is 1.42. The standard InChI is InChI=1S/C13H18F3NO3/c1-18-6-5-17-8-11-3-2-4-12(7-11)20-10-19-9-13(14,15)16/h2-4,7,17H,5-6,8-10H2,1H3. The molecule has 1 N–H and O–H groups in total. The molecule has 0 amide bonds. The molecule has 0 unspecified atom stereocenters. The maximum atomic E-state index is 11.8. The molecular weight excluding hydrogens is 275 g/mol. The fourth-order valence-corrected chi connectivity index (χ4v) is 1.42. The first-order chi connectivity index (χ1) is 9.51. The van der Waals surface area contributed by atoms with Crippen molar-refractivity contribution in [3.63, 3.8) is 0 Å². The Hall–Kier alpha value is -1.31. The molecule has 4 nitrogen and oxygen atoms in total. The van der Waals surface area contributed by atoms with E-state index in [1.807, 2.05) is 6.07 Å². The average molecular weight is 293 g/mol. The maximum Gasteiger partial charge on any atom is 0.411 e. The zero-order chi connectivity index (χ0) is 14.8. The van der Waals surface area contributed by atoms with E-state index in [0.717, 1.165) is 12.1 Å². The lowest BCUT2D eigenvalue weighted by atomic mass is 10.2. The number of nitrogens with one attached hydrogen (secondary N) is 1. The van der Waals surface area contributed by atoms with Crippen molar-refractivity contribution >= 4 is 0 Å². The molecule has 0 aliphatic carbocycles. The highest BCUT2D eigenvalue weighted by Crippen LogP contribution is 2.16. The Kier molecular flexibility index (Phi) is 7.35. The molecule has 0 aliphatic rings. The van der Waals surface area contributed by atoms with Crippen LogP contribution in [0.1, 0.15) is 5.56 Å². The average Bonchev–Trinajstić information content (AvgIpc) is 2.39. The van der Waals surface area contributed by atoms with Gasteiger partial charge < -0.3 is 19.5 Å². The number of ether oxygens (including phenoxy) is 3. The molecule has 0 bridgehead atoms. The Morgan fingerprint density at radius 2 is 2.05 bits per heavy atom. The number of rotatable bonds is 9. The van der Waals surface area contributed by atoms with Gasteiger partial charge in [0.1, 0.15) is 12.4 Å². The van der Waals surface area contributed by atoms with Crippen molar-refractivity contribution in [2.75, 3.05) is 33.7 Å². The predicted octanol–water partition coefficient (Wildman–Crippen LogP) is 2.34. The summed E-state index contributed by atoms with van der Waals surface area (Å²) in [5.74, 6) is 0.471. The molecule has 0 aromatic heterocycles. The second-order valence-corrected chi connectivity index (χ2v) is 4.04. The van der Waals surface area contributed by atoms with Gasteiger partial charge in [-0.25, -0.2) is 0 Å². The van der Waals surface area contributed by atoms with Crippen LogP contribution >= 0.6 is 0 Å². The highest BCUT2D eigenvalue weighted by molar-refractivity contribution is 5.28. The van der Waals surface area contributed by atoms with Crippen LogP contribution in [0.2, 0.25) is 0 Å². The van der Waals surface area contributed by atoms with Crippen molar-refractivity contribution in [1.29, 1.82) is 0 Å². The predicted molar refractivity (Wildman–Crippen MR) is 67.5 cm³/mol. The summed E-state index contributed by atoms with van der Waals surface area (Å²) in [4.78, 5) is 0. The van der Waals surface area contributed by atoms with Gasteiger partial charge in [-0.2, -0.15) is 13.2 Å². The quantitative estimate of drug-likeness (QED) is 0.560. The van der Waals surface area contributed by atoms with E-state index in [4.69, 9.17) is 9.47 Å². The van der Waals surface area contributed by atoms with Crippen LogP contribution in [0.4, 0.5) is 13.2 Å². The summed E-state index contributed by atoms with van der Waals surface area (Å²) in [6.45, 7) is 0.215. The van der Waals surface area contributed by atoms with Gasteiger partial charge in [-0.3, -0.25) is 0 Å². The summed E-state index contributed by atoms with van der Waals surface area (Å²) in [7, 11) is 1.62. The van der Waals surface area contributed by atoms with Crippen LogP contribution in [0.25, 0.3) is 0 Å². The smallest absolute Gasteiger partial charge is 0.411 e. The molecule has 0 radical (unpaired) electrons. The third kappa shape index (κ3) is 7.98. The molecule has 0 saturated heterocycles. The van der Waals surface area contributed by atoms with E-state index >= 15 is 0 Å². The summed E-state index contributed by atoms with van der Waals surface area (Å²) in [5, 5.41) is 3.16. The summed E-state index contributed by atoms with van der Waals surface area (Å²) in [6.07, 6.45) is -4.34. The van der Waals surface area contributed by atoms with Crippen LogP contribution in [0.5, 0.6) is 5.75 Å². The van der Waals surface area contributed by atoms with Crippen molar-refractivity contribution in [3.05, 3.63) is 29.8 Å². The van der Waals surface area contributed by atoms with E-state index in [1.54, 1.807) is 25.3 Å². The molecule has 0 atom stereocenters. The van der Waals surface area contributed by atoms with Gasteiger partial charge >= 0.3 is 6.18 Å². The van der Waals surface area contributed by atoms with Gasteiger partial charge in [0.15, 0.2) is 6.79 Å². The number of alkyl halides is 3. The van der Waals surface area contributed by atoms with Crippen molar-refractivity contribution in [2.24, 2.45) is 0 Å². The third-order valence-electron chi connectivity index (χ3n) is 2.29. The van der Waals surface area contributed by atoms with Gasteiger partial charge in [0.05, 0.1) is 6.61 Å². The number of hydrogen-bond donors (Lipinski definition) is 1. The first-order valence-corrected chi connectivity index (χ1v) is 6.07. The Balaban J connectivity index is 2.28. The molecule has 114 valence electrons. The number of hydrogen-bond acceptors (Lipinski definition) is 4. The molecule has 1 aromatic rings. The van der Waals surface area contributed by atoms with Crippen LogP contribution in [0.15, 0.2) is 24.3 Å².